The average Bonchev–Trinajstić information content (AvgIpc) is 2.28. The maximum Gasteiger partial charge on any atom is 0.224 e. The minimum atomic E-state index is -0.276. The summed E-state index contributed by atoms with van der Waals surface area (Å²) in [6, 6.07) is 6.07. The van der Waals surface area contributed by atoms with Crippen molar-refractivity contribution in [2.24, 2.45) is 17.6 Å². The molecule has 1 amide bonds. The van der Waals surface area contributed by atoms with Gasteiger partial charge in [0.15, 0.2) is 0 Å². The van der Waals surface area contributed by atoms with Crippen LogP contribution in [-0.2, 0) is 11.3 Å². The quantitative estimate of drug-likeness (QED) is 0.820. The fourth-order valence-corrected chi connectivity index (χ4v) is 1.60. The first-order valence-electron chi connectivity index (χ1n) is 5.76. The highest BCUT2D eigenvalue weighted by atomic mass is 19.1. The second-order valence-electron chi connectivity index (χ2n) is 4.43. The van der Waals surface area contributed by atoms with Gasteiger partial charge in [-0.2, -0.15) is 0 Å². The number of nitrogens with one attached hydrogen (secondary N) is 1. The van der Waals surface area contributed by atoms with Crippen LogP contribution in [-0.4, -0.2) is 12.5 Å². The Labute approximate surface area is 101 Å². The molecule has 94 valence electrons. The first-order chi connectivity index (χ1) is 8.04. The first kappa shape index (κ1) is 13.6. The van der Waals surface area contributed by atoms with E-state index in [1.165, 1.54) is 12.1 Å². The zero-order valence-electron chi connectivity index (χ0n) is 10.2. The summed E-state index contributed by atoms with van der Waals surface area (Å²) < 4.78 is 12.7. The van der Waals surface area contributed by atoms with Gasteiger partial charge < -0.3 is 11.1 Å². The van der Waals surface area contributed by atoms with Crippen molar-refractivity contribution >= 4 is 5.91 Å². The summed E-state index contributed by atoms with van der Waals surface area (Å²) in [7, 11) is 0. The van der Waals surface area contributed by atoms with Gasteiger partial charge in [-0.1, -0.05) is 26.0 Å². The number of amides is 1. The maximum atomic E-state index is 12.7. The Kier molecular flexibility index (Phi) is 5.10. The molecule has 1 rings (SSSR count). The van der Waals surface area contributed by atoms with E-state index in [0.29, 0.717) is 13.1 Å². The summed E-state index contributed by atoms with van der Waals surface area (Å²) in [4.78, 5) is 11.8. The van der Waals surface area contributed by atoms with Gasteiger partial charge in [-0.3, -0.25) is 4.79 Å². The molecule has 0 aliphatic carbocycles. The van der Waals surface area contributed by atoms with E-state index in [4.69, 9.17) is 5.73 Å². The van der Waals surface area contributed by atoms with Crippen molar-refractivity contribution in [2.75, 3.05) is 6.54 Å². The number of nitrogens with two attached hydrogens (primary N) is 1. The second kappa shape index (κ2) is 6.35. The molecule has 0 fully saturated rings. The van der Waals surface area contributed by atoms with Crippen LogP contribution in [0, 0.1) is 17.7 Å². The molecular weight excluding hydrogens is 219 g/mol. The van der Waals surface area contributed by atoms with Gasteiger partial charge in [-0.05, 0) is 23.6 Å². The summed E-state index contributed by atoms with van der Waals surface area (Å²) in [5.41, 5.74) is 6.43. The lowest BCUT2D eigenvalue weighted by atomic mass is 9.95. The van der Waals surface area contributed by atoms with E-state index in [1.54, 1.807) is 12.1 Å². The van der Waals surface area contributed by atoms with Gasteiger partial charge in [-0.25, -0.2) is 4.39 Å². The van der Waals surface area contributed by atoms with Crippen LogP contribution in [0.3, 0.4) is 0 Å². The van der Waals surface area contributed by atoms with E-state index >= 15 is 0 Å². The van der Waals surface area contributed by atoms with Gasteiger partial charge in [0.25, 0.3) is 0 Å². The molecule has 0 spiro atoms. The SMILES string of the molecule is CC(C)C(CN)C(=O)NCc1ccc(F)cc1. The van der Waals surface area contributed by atoms with Crippen molar-refractivity contribution in [1.29, 1.82) is 0 Å². The predicted molar refractivity (Wildman–Crippen MR) is 65.6 cm³/mol. The summed E-state index contributed by atoms with van der Waals surface area (Å²) in [6.07, 6.45) is 0. The highest BCUT2D eigenvalue weighted by Gasteiger charge is 2.19. The molecule has 0 radical (unpaired) electrons. The van der Waals surface area contributed by atoms with E-state index in [-0.39, 0.29) is 23.6 Å². The van der Waals surface area contributed by atoms with Gasteiger partial charge in [0, 0.05) is 13.1 Å². The molecule has 1 aromatic rings. The summed E-state index contributed by atoms with van der Waals surface area (Å²) in [5, 5.41) is 2.81. The van der Waals surface area contributed by atoms with Crippen LogP contribution in [0.1, 0.15) is 19.4 Å². The van der Waals surface area contributed by atoms with Crippen molar-refractivity contribution < 1.29 is 9.18 Å². The zero-order valence-corrected chi connectivity index (χ0v) is 10.2. The van der Waals surface area contributed by atoms with E-state index in [2.05, 4.69) is 5.32 Å². The van der Waals surface area contributed by atoms with Gasteiger partial charge in [0.05, 0.1) is 5.92 Å². The number of benzene rings is 1. The third kappa shape index (κ3) is 4.15. The topological polar surface area (TPSA) is 55.1 Å². The molecule has 1 atom stereocenters. The number of carbonyl (C=O) groups excluding carboxylic acids is 1. The molecule has 4 heteroatoms. The normalized spacial score (nSPS) is 12.5. The van der Waals surface area contributed by atoms with Crippen LogP contribution in [0.15, 0.2) is 24.3 Å². The third-order valence-corrected chi connectivity index (χ3v) is 2.78. The van der Waals surface area contributed by atoms with Gasteiger partial charge >= 0.3 is 0 Å². The Morgan fingerprint density at radius 3 is 2.41 bits per heavy atom. The summed E-state index contributed by atoms with van der Waals surface area (Å²) >= 11 is 0. The monoisotopic (exact) mass is 238 g/mol. The Hall–Kier alpha value is -1.42. The Bertz CT molecular complexity index is 362. The maximum absolute atomic E-state index is 12.7. The van der Waals surface area contributed by atoms with Crippen molar-refractivity contribution in [3.05, 3.63) is 35.6 Å². The molecule has 17 heavy (non-hydrogen) atoms. The third-order valence-electron chi connectivity index (χ3n) is 2.78. The van der Waals surface area contributed by atoms with Crippen molar-refractivity contribution in [3.63, 3.8) is 0 Å². The van der Waals surface area contributed by atoms with Gasteiger partial charge in [0.2, 0.25) is 5.91 Å². The molecular formula is C13H19FN2O. The molecule has 1 aromatic carbocycles. The Balaban J connectivity index is 2.50. The van der Waals surface area contributed by atoms with Crippen LogP contribution in [0.25, 0.3) is 0 Å². The summed E-state index contributed by atoms with van der Waals surface area (Å²) in [5.74, 6) is -0.280. The molecule has 0 saturated carbocycles. The summed E-state index contributed by atoms with van der Waals surface area (Å²) in [6.45, 7) is 4.68. The minimum Gasteiger partial charge on any atom is -0.352 e. The van der Waals surface area contributed by atoms with Crippen LogP contribution in [0.5, 0.6) is 0 Å². The zero-order chi connectivity index (χ0) is 12.8. The van der Waals surface area contributed by atoms with Crippen LogP contribution in [0.4, 0.5) is 4.39 Å². The highest BCUT2D eigenvalue weighted by Crippen LogP contribution is 2.09. The fourth-order valence-electron chi connectivity index (χ4n) is 1.60. The lowest BCUT2D eigenvalue weighted by Gasteiger charge is -2.18. The molecule has 0 saturated heterocycles. The van der Waals surface area contributed by atoms with E-state index in [0.717, 1.165) is 5.56 Å². The number of halogens is 1. The van der Waals surface area contributed by atoms with E-state index in [1.807, 2.05) is 13.8 Å². The standard InChI is InChI=1S/C13H19FN2O/c1-9(2)12(7-15)13(17)16-8-10-3-5-11(14)6-4-10/h3-6,9,12H,7-8,15H2,1-2H3,(H,16,17). The number of carbonyl (C=O) groups is 1. The lowest BCUT2D eigenvalue weighted by molar-refractivity contribution is -0.126. The van der Waals surface area contributed by atoms with Gasteiger partial charge in [-0.15, -0.1) is 0 Å². The molecule has 3 N–H and O–H groups in total. The van der Waals surface area contributed by atoms with Crippen LogP contribution in [0.2, 0.25) is 0 Å². The Morgan fingerprint density at radius 1 is 1.35 bits per heavy atom. The van der Waals surface area contributed by atoms with Crippen LogP contribution < -0.4 is 11.1 Å². The minimum absolute atomic E-state index is 0.0492. The lowest BCUT2D eigenvalue weighted by Crippen LogP contribution is -2.37. The largest absolute Gasteiger partial charge is 0.352 e. The van der Waals surface area contributed by atoms with E-state index < -0.39 is 0 Å². The average molecular weight is 238 g/mol. The number of hydrogen-bond donors (Lipinski definition) is 2. The fraction of sp³-hybridized carbons (Fsp3) is 0.462. The van der Waals surface area contributed by atoms with Crippen molar-refractivity contribution in [1.82, 2.24) is 5.32 Å². The highest BCUT2D eigenvalue weighted by molar-refractivity contribution is 5.79. The Morgan fingerprint density at radius 2 is 1.94 bits per heavy atom. The van der Waals surface area contributed by atoms with Crippen molar-refractivity contribution in [2.45, 2.75) is 20.4 Å². The predicted octanol–water partition coefficient (Wildman–Crippen LogP) is 1.67. The van der Waals surface area contributed by atoms with Gasteiger partial charge in [0.1, 0.15) is 5.82 Å². The molecule has 0 aromatic heterocycles. The van der Waals surface area contributed by atoms with E-state index in [9.17, 15) is 9.18 Å². The molecule has 3 nitrogen and oxygen atoms in total. The van der Waals surface area contributed by atoms with Crippen molar-refractivity contribution in [3.8, 4) is 0 Å². The first-order valence-corrected chi connectivity index (χ1v) is 5.76. The molecule has 0 bridgehead atoms. The molecule has 0 heterocycles. The smallest absolute Gasteiger partial charge is 0.224 e. The number of hydrogen-bond acceptors (Lipinski definition) is 2. The molecule has 0 aliphatic rings. The molecule has 1 unspecified atom stereocenters. The molecule has 0 aliphatic heterocycles. The van der Waals surface area contributed by atoms with Crippen LogP contribution >= 0.6 is 0 Å². The number of rotatable bonds is 5. The second-order valence-corrected chi connectivity index (χ2v) is 4.43.